The number of amides is 1. The highest BCUT2D eigenvalue weighted by molar-refractivity contribution is 7.89. The molecule has 7 nitrogen and oxygen atoms in total. The SMILES string of the molecule is COc1ccc(Cl)cc1S(=O)(=O)N(C)CC(=O)N1CCOc2ccccc21. The van der Waals surface area contributed by atoms with Gasteiger partial charge in [0.05, 0.1) is 25.9 Å². The van der Waals surface area contributed by atoms with E-state index in [1.165, 1.54) is 37.3 Å². The zero-order valence-corrected chi connectivity index (χ0v) is 16.5. The van der Waals surface area contributed by atoms with Gasteiger partial charge in [-0.05, 0) is 30.3 Å². The fourth-order valence-electron chi connectivity index (χ4n) is 2.81. The van der Waals surface area contributed by atoms with Crippen molar-refractivity contribution < 1.29 is 22.7 Å². The van der Waals surface area contributed by atoms with E-state index in [2.05, 4.69) is 0 Å². The van der Waals surface area contributed by atoms with E-state index in [1.54, 1.807) is 18.2 Å². The number of fused-ring (bicyclic) bond motifs is 1. The Balaban J connectivity index is 1.84. The number of hydrogen-bond acceptors (Lipinski definition) is 5. The molecule has 0 radical (unpaired) electrons. The Morgan fingerprint density at radius 2 is 2.04 bits per heavy atom. The van der Waals surface area contributed by atoms with E-state index in [4.69, 9.17) is 21.1 Å². The third-order valence-corrected chi connectivity index (χ3v) is 6.26. The van der Waals surface area contributed by atoms with Crippen LogP contribution in [0.4, 0.5) is 5.69 Å². The maximum absolute atomic E-state index is 12.9. The molecular weight excluding hydrogens is 392 g/mol. The molecule has 2 aromatic carbocycles. The van der Waals surface area contributed by atoms with E-state index in [0.29, 0.717) is 24.6 Å². The molecule has 0 saturated heterocycles. The minimum atomic E-state index is -3.97. The summed E-state index contributed by atoms with van der Waals surface area (Å²) in [7, 11) is -1.25. The molecule has 0 unspecified atom stereocenters. The van der Waals surface area contributed by atoms with Crippen LogP contribution in [0.15, 0.2) is 47.4 Å². The van der Waals surface area contributed by atoms with Crippen molar-refractivity contribution in [3.8, 4) is 11.5 Å². The summed E-state index contributed by atoms with van der Waals surface area (Å²) >= 11 is 5.94. The van der Waals surface area contributed by atoms with E-state index in [1.807, 2.05) is 6.07 Å². The first kappa shape index (κ1) is 19.5. The monoisotopic (exact) mass is 410 g/mol. The Morgan fingerprint density at radius 3 is 2.78 bits per heavy atom. The zero-order chi connectivity index (χ0) is 19.6. The average molecular weight is 411 g/mol. The Kier molecular flexibility index (Phi) is 5.59. The van der Waals surface area contributed by atoms with Crippen molar-refractivity contribution in [2.45, 2.75) is 4.90 Å². The lowest BCUT2D eigenvalue weighted by atomic mass is 10.2. The number of methoxy groups -OCH3 is 1. The van der Waals surface area contributed by atoms with Crippen LogP contribution in [-0.4, -0.2) is 52.5 Å². The summed E-state index contributed by atoms with van der Waals surface area (Å²) in [6, 6.07) is 11.5. The number of likely N-dealkylation sites (N-methyl/N-ethyl adjacent to an activating group) is 1. The quantitative estimate of drug-likeness (QED) is 0.756. The molecule has 1 amide bonds. The number of rotatable bonds is 5. The van der Waals surface area contributed by atoms with Gasteiger partial charge in [-0.1, -0.05) is 23.7 Å². The number of hydrogen-bond donors (Lipinski definition) is 0. The van der Waals surface area contributed by atoms with Crippen molar-refractivity contribution in [1.29, 1.82) is 0 Å². The highest BCUT2D eigenvalue weighted by Crippen LogP contribution is 2.32. The number of nitrogens with zero attached hydrogens (tertiary/aromatic N) is 2. The van der Waals surface area contributed by atoms with E-state index in [0.717, 1.165) is 4.31 Å². The van der Waals surface area contributed by atoms with Crippen LogP contribution in [0.5, 0.6) is 11.5 Å². The maximum Gasteiger partial charge on any atom is 0.247 e. The fraction of sp³-hybridized carbons (Fsp3) is 0.278. The lowest BCUT2D eigenvalue weighted by Gasteiger charge is -2.30. The van der Waals surface area contributed by atoms with Gasteiger partial charge in [-0.15, -0.1) is 0 Å². The summed E-state index contributed by atoms with van der Waals surface area (Å²) in [5.41, 5.74) is 0.625. The van der Waals surface area contributed by atoms with Crippen molar-refractivity contribution >= 4 is 33.2 Å². The fourth-order valence-corrected chi connectivity index (χ4v) is 4.34. The molecule has 0 fully saturated rings. The van der Waals surface area contributed by atoms with Crippen LogP contribution in [0, 0.1) is 0 Å². The van der Waals surface area contributed by atoms with Gasteiger partial charge >= 0.3 is 0 Å². The van der Waals surface area contributed by atoms with Gasteiger partial charge in [0.2, 0.25) is 15.9 Å². The molecular formula is C18H19ClN2O5S. The van der Waals surface area contributed by atoms with Gasteiger partial charge in [-0.2, -0.15) is 4.31 Å². The molecule has 1 aliphatic rings. The number of ether oxygens (including phenoxy) is 2. The summed E-state index contributed by atoms with van der Waals surface area (Å²) < 4.78 is 37.5. The van der Waals surface area contributed by atoms with Crippen LogP contribution >= 0.6 is 11.6 Å². The third kappa shape index (κ3) is 3.87. The van der Waals surface area contributed by atoms with Gasteiger partial charge in [-0.3, -0.25) is 4.79 Å². The van der Waals surface area contributed by atoms with Crippen molar-refractivity contribution in [2.24, 2.45) is 0 Å². The highest BCUT2D eigenvalue weighted by atomic mass is 35.5. The van der Waals surface area contributed by atoms with Crippen LogP contribution in [0.1, 0.15) is 0 Å². The van der Waals surface area contributed by atoms with Gasteiger partial charge in [-0.25, -0.2) is 8.42 Å². The number of para-hydroxylation sites is 2. The van der Waals surface area contributed by atoms with Gasteiger partial charge < -0.3 is 14.4 Å². The number of anilines is 1. The summed E-state index contributed by atoms with van der Waals surface area (Å²) in [4.78, 5) is 14.2. The molecule has 144 valence electrons. The highest BCUT2D eigenvalue weighted by Gasteiger charge is 2.30. The van der Waals surface area contributed by atoms with E-state index in [9.17, 15) is 13.2 Å². The van der Waals surface area contributed by atoms with Crippen LogP contribution in [0.2, 0.25) is 5.02 Å². The Hall–Kier alpha value is -2.29. The number of sulfonamides is 1. The predicted molar refractivity (Wildman–Crippen MR) is 102 cm³/mol. The standard InChI is InChI=1S/C18H19ClN2O5S/c1-20(27(23,24)17-11-13(19)7-8-16(17)25-2)12-18(22)21-9-10-26-15-6-4-3-5-14(15)21/h3-8,11H,9-10,12H2,1-2H3. The first-order valence-electron chi connectivity index (χ1n) is 8.16. The number of halogens is 1. The van der Waals surface area contributed by atoms with E-state index < -0.39 is 10.0 Å². The summed E-state index contributed by atoms with van der Waals surface area (Å²) in [5.74, 6) is 0.410. The second-order valence-electron chi connectivity index (χ2n) is 5.92. The zero-order valence-electron chi connectivity index (χ0n) is 14.9. The van der Waals surface area contributed by atoms with E-state index in [-0.39, 0.29) is 28.1 Å². The molecule has 0 spiro atoms. The minimum absolute atomic E-state index is 0.0878. The molecule has 0 bridgehead atoms. The maximum atomic E-state index is 12.9. The minimum Gasteiger partial charge on any atom is -0.495 e. The molecule has 1 heterocycles. The number of benzene rings is 2. The molecule has 0 aromatic heterocycles. The van der Waals surface area contributed by atoms with Gasteiger partial charge in [0.1, 0.15) is 23.0 Å². The molecule has 0 saturated carbocycles. The Bertz CT molecular complexity index is 964. The summed E-state index contributed by atoms with van der Waals surface area (Å²) in [5, 5.41) is 0.260. The molecule has 0 atom stereocenters. The Morgan fingerprint density at radius 1 is 1.30 bits per heavy atom. The smallest absolute Gasteiger partial charge is 0.247 e. The largest absolute Gasteiger partial charge is 0.495 e. The topological polar surface area (TPSA) is 76.2 Å². The van der Waals surface area contributed by atoms with Gasteiger partial charge in [0.25, 0.3) is 0 Å². The predicted octanol–water partition coefficient (Wildman–Crippen LogP) is 2.39. The van der Waals surface area contributed by atoms with Crippen molar-refractivity contribution in [3.05, 3.63) is 47.5 Å². The first-order chi connectivity index (χ1) is 12.8. The number of carbonyl (C=O) groups excluding carboxylic acids is 1. The number of carbonyl (C=O) groups is 1. The molecule has 2 aromatic rings. The average Bonchev–Trinajstić information content (AvgIpc) is 2.67. The second-order valence-corrected chi connectivity index (χ2v) is 8.37. The van der Waals surface area contributed by atoms with Crippen LogP contribution in [-0.2, 0) is 14.8 Å². The van der Waals surface area contributed by atoms with Crippen molar-refractivity contribution in [3.63, 3.8) is 0 Å². The first-order valence-corrected chi connectivity index (χ1v) is 9.98. The molecule has 9 heteroatoms. The van der Waals surface area contributed by atoms with Crippen molar-refractivity contribution in [1.82, 2.24) is 4.31 Å². The molecule has 0 aliphatic carbocycles. The summed E-state index contributed by atoms with van der Waals surface area (Å²) in [6.45, 7) is 0.373. The second kappa shape index (κ2) is 7.75. The van der Waals surface area contributed by atoms with Gasteiger partial charge in [0.15, 0.2) is 0 Å². The van der Waals surface area contributed by atoms with Crippen molar-refractivity contribution in [2.75, 3.05) is 38.8 Å². The molecule has 27 heavy (non-hydrogen) atoms. The van der Waals surface area contributed by atoms with E-state index >= 15 is 0 Å². The van der Waals surface area contributed by atoms with Crippen LogP contribution in [0.3, 0.4) is 0 Å². The third-order valence-electron chi connectivity index (χ3n) is 4.20. The molecule has 3 rings (SSSR count). The molecule has 0 N–H and O–H groups in total. The van der Waals surface area contributed by atoms with Gasteiger partial charge in [0, 0.05) is 12.1 Å². The normalized spacial score (nSPS) is 13.9. The lowest BCUT2D eigenvalue weighted by molar-refractivity contribution is -0.118. The Labute approximate surface area is 163 Å². The lowest BCUT2D eigenvalue weighted by Crippen LogP contribution is -2.44. The van der Waals surface area contributed by atoms with Crippen LogP contribution < -0.4 is 14.4 Å². The van der Waals surface area contributed by atoms with Crippen LogP contribution in [0.25, 0.3) is 0 Å². The summed E-state index contributed by atoms with van der Waals surface area (Å²) in [6.07, 6.45) is 0. The molecule has 1 aliphatic heterocycles.